The molecule has 1 aliphatic heterocycles. The van der Waals surface area contributed by atoms with Crippen molar-refractivity contribution in [1.82, 2.24) is 15.5 Å². The predicted octanol–water partition coefficient (Wildman–Crippen LogP) is 2.24. The number of aliphatic imine (C=N–C) groups is 1. The molecule has 0 amide bonds. The average Bonchev–Trinajstić information content (AvgIpc) is 2.65. The summed E-state index contributed by atoms with van der Waals surface area (Å²) in [6.45, 7) is 11.1. The van der Waals surface area contributed by atoms with E-state index in [4.69, 9.17) is 4.74 Å². The van der Waals surface area contributed by atoms with Crippen LogP contribution in [0.15, 0.2) is 29.3 Å². The maximum absolute atomic E-state index is 5.37. The molecule has 1 saturated heterocycles. The van der Waals surface area contributed by atoms with E-state index < -0.39 is 0 Å². The van der Waals surface area contributed by atoms with E-state index >= 15 is 0 Å². The van der Waals surface area contributed by atoms with Crippen LogP contribution in [0.25, 0.3) is 0 Å². The fourth-order valence-corrected chi connectivity index (χ4v) is 2.95. The molecule has 25 heavy (non-hydrogen) atoms. The van der Waals surface area contributed by atoms with Crippen LogP contribution >= 0.6 is 0 Å². The average molecular weight is 347 g/mol. The number of hydrogen-bond acceptors (Lipinski definition) is 3. The van der Waals surface area contributed by atoms with E-state index in [1.807, 2.05) is 7.05 Å². The van der Waals surface area contributed by atoms with Gasteiger partial charge < -0.3 is 15.4 Å². The van der Waals surface area contributed by atoms with Gasteiger partial charge in [0.1, 0.15) is 0 Å². The van der Waals surface area contributed by atoms with E-state index in [0.717, 1.165) is 64.7 Å². The van der Waals surface area contributed by atoms with Crippen molar-refractivity contribution in [3.05, 3.63) is 35.4 Å². The molecule has 0 bridgehead atoms. The Morgan fingerprint density at radius 1 is 1.12 bits per heavy atom. The Morgan fingerprint density at radius 2 is 1.80 bits per heavy atom. The van der Waals surface area contributed by atoms with Gasteiger partial charge >= 0.3 is 0 Å². The van der Waals surface area contributed by atoms with Crippen LogP contribution in [-0.2, 0) is 11.2 Å². The van der Waals surface area contributed by atoms with E-state index in [1.165, 1.54) is 11.1 Å². The van der Waals surface area contributed by atoms with Gasteiger partial charge in [-0.25, -0.2) is 0 Å². The minimum Gasteiger partial charge on any atom is -0.379 e. The Bertz CT molecular complexity index is 507. The lowest BCUT2D eigenvalue weighted by Crippen LogP contribution is -2.44. The maximum Gasteiger partial charge on any atom is 0.191 e. The van der Waals surface area contributed by atoms with Crippen molar-refractivity contribution in [2.45, 2.75) is 32.6 Å². The van der Waals surface area contributed by atoms with Crippen LogP contribution in [-0.4, -0.2) is 63.8 Å². The topological polar surface area (TPSA) is 48.9 Å². The van der Waals surface area contributed by atoms with Gasteiger partial charge in [0, 0.05) is 39.8 Å². The molecular formula is C20H34N4O. The van der Waals surface area contributed by atoms with E-state index in [0.29, 0.717) is 5.92 Å². The highest BCUT2D eigenvalue weighted by Gasteiger charge is 2.09. The molecule has 1 heterocycles. The summed E-state index contributed by atoms with van der Waals surface area (Å²) in [6, 6.07) is 9.01. The minimum atomic E-state index is 0.600. The van der Waals surface area contributed by atoms with Gasteiger partial charge in [0.25, 0.3) is 0 Å². The van der Waals surface area contributed by atoms with Gasteiger partial charge in [-0.05, 0) is 29.9 Å². The number of nitrogens with zero attached hydrogens (tertiary/aromatic N) is 2. The van der Waals surface area contributed by atoms with Crippen molar-refractivity contribution in [2.75, 3.05) is 53.0 Å². The molecule has 1 aliphatic rings. The molecular weight excluding hydrogens is 312 g/mol. The molecule has 0 aromatic heterocycles. The van der Waals surface area contributed by atoms with Gasteiger partial charge in [-0.1, -0.05) is 38.1 Å². The first-order valence-corrected chi connectivity index (χ1v) is 9.52. The Kier molecular flexibility index (Phi) is 8.77. The van der Waals surface area contributed by atoms with Gasteiger partial charge in [-0.3, -0.25) is 9.89 Å². The molecule has 0 unspecified atom stereocenters. The number of rotatable bonds is 8. The maximum atomic E-state index is 5.37. The number of aryl methyl sites for hydroxylation is 1. The minimum absolute atomic E-state index is 0.600. The first-order chi connectivity index (χ1) is 12.2. The fraction of sp³-hybridized carbons (Fsp3) is 0.650. The lowest BCUT2D eigenvalue weighted by molar-refractivity contribution is 0.0389. The molecule has 1 aromatic carbocycles. The first-order valence-electron chi connectivity index (χ1n) is 9.52. The third-order valence-electron chi connectivity index (χ3n) is 4.63. The first kappa shape index (κ1) is 19.7. The van der Waals surface area contributed by atoms with Crippen molar-refractivity contribution >= 4 is 5.96 Å². The van der Waals surface area contributed by atoms with Crippen LogP contribution in [0.3, 0.4) is 0 Å². The fourth-order valence-electron chi connectivity index (χ4n) is 2.95. The van der Waals surface area contributed by atoms with Gasteiger partial charge in [0.15, 0.2) is 5.96 Å². The van der Waals surface area contributed by atoms with Gasteiger partial charge in [0.05, 0.1) is 13.2 Å². The summed E-state index contributed by atoms with van der Waals surface area (Å²) in [5, 5.41) is 6.79. The van der Waals surface area contributed by atoms with E-state index in [-0.39, 0.29) is 0 Å². The Labute approximate surface area is 152 Å². The van der Waals surface area contributed by atoms with Gasteiger partial charge in [-0.15, -0.1) is 0 Å². The van der Waals surface area contributed by atoms with Crippen molar-refractivity contribution in [3.63, 3.8) is 0 Å². The van der Waals surface area contributed by atoms with Crippen molar-refractivity contribution < 1.29 is 4.74 Å². The van der Waals surface area contributed by atoms with Gasteiger partial charge in [-0.2, -0.15) is 0 Å². The second-order valence-corrected chi connectivity index (χ2v) is 6.88. The highest BCUT2D eigenvalue weighted by Crippen LogP contribution is 2.15. The zero-order valence-corrected chi connectivity index (χ0v) is 16.1. The number of ether oxygens (including phenoxy) is 1. The largest absolute Gasteiger partial charge is 0.379 e. The van der Waals surface area contributed by atoms with E-state index in [9.17, 15) is 0 Å². The summed E-state index contributed by atoms with van der Waals surface area (Å²) in [4.78, 5) is 6.72. The van der Waals surface area contributed by atoms with Crippen LogP contribution in [0.5, 0.6) is 0 Å². The molecule has 0 aliphatic carbocycles. The molecule has 140 valence electrons. The molecule has 0 spiro atoms. The third kappa shape index (κ3) is 7.45. The summed E-state index contributed by atoms with van der Waals surface area (Å²) >= 11 is 0. The summed E-state index contributed by atoms with van der Waals surface area (Å²) in [5.41, 5.74) is 2.81. The number of benzene rings is 1. The highest BCUT2D eigenvalue weighted by atomic mass is 16.5. The monoisotopic (exact) mass is 346 g/mol. The van der Waals surface area contributed by atoms with Crippen LogP contribution in [0.4, 0.5) is 0 Å². The van der Waals surface area contributed by atoms with E-state index in [1.54, 1.807) is 0 Å². The van der Waals surface area contributed by atoms with Crippen molar-refractivity contribution in [2.24, 2.45) is 4.99 Å². The van der Waals surface area contributed by atoms with E-state index in [2.05, 4.69) is 58.6 Å². The second kappa shape index (κ2) is 11.1. The summed E-state index contributed by atoms with van der Waals surface area (Å²) in [7, 11) is 1.83. The Hall–Kier alpha value is -1.59. The SMILES string of the molecule is CN=C(NCCCc1ccc(C(C)C)cc1)NCCN1CCOCC1. The van der Waals surface area contributed by atoms with Crippen molar-refractivity contribution in [3.8, 4) is 0 Å². The number of morpholine rings is 1. The lowest BCUT2D eigenvalue weighted by Gasteiger charge is -2.26. The van der Waals surface area contributed by atoms with Crippen LogP contribution < -0.4 is 10.6 Å². The zero-order chi connectivity index (χ0) is 17.9. The number of guanidine groups is 1. The van der Waals surface area contributed by atoms with Gasteiger partial charge in [0.2, 0.25) is 0 Å². The molecule has 5 heteroatoms. The molecule has 5 nitrogen and oxygen atoms in total. The van der Waals surface area contributed by atoms with Crippen LogP contribution in [0.2, 0.25) is 0 Å². The summed E-state index contributed by atoms with van der Waals surface area (Å²) < 4.78 is 5.37. The molecule has 2 rings (SSSR count). The normalized spacial score (nSPS) is 16.2. The smallest absolute Gasteiger partial charge is 0.191 e. The number of nitrogens with one attached hydrogen (secondary N) is 2. The molecule has 0 atom stereocenters. The number of hydrogen-bond donors (Lipinski definition) is 2. The molecule has 1 fully saturated rings. The molecule has 2 N–H and O–H groups in total. The third-order valence-corrected chi connectivity index (χ3v) is 4.63. The zero-order valence-electron chi connectivity index (χ0n) is 16.1. The Balaban J connectivity index is 1.58. The standard InChI is InChI=1S/C20H34N4O/c1-17(2)19-8-6-18(7-9-19)5-4-10-22-20(21-3)23-11-12-24-13-15-25-16-14-24/h6-9,17H,4-5,10-16H2,1-3H3,(H2,21,22,23). The lowest BCUT2D eigenvalue weighted by atomic mass is 10.0. The van der Waals surface area contributed by atoms with Crippen molar-refractivity contribution in [1.29, 1.82) is 0 Å². The van der Waals surface area contributed by atoms with Crippen LogP contribution in [0, 0.1) is 0 Å². The quantitative estimate of drug-likeness (QED) is 0.431. The summed E-state index contributed by atoms with van der Waals surface area (Å²) in [5.74, 6) is 1.49. The molecule has 1 aromatic rings. The second-order valence-electron chi connectivity index (χ2n) is 6.88. The molecule has 0 saturated carbocycles. The van der Waals surface area contributed by atoms with Crippen LogP contribution in [0.1, 0.15) is 37.3 Å². The highest BCUT2D eigenvalue weighted by molar-refractivity contribution is 5.79. The predicted molar refractivity (Wildman–Crippen MR) is 105 cm³/mol. The Morgan fingerprint density at radius 3 is 2.44 bits per heavy atom. The summed E-state index contributed by atoms with van der Waals surface area (Å²) in [6.07, 6.45) is 2.20. The molecule has 0 radical (unpaired) electrons.